The Hall–Kier alpha value is -0.0836. The number of aromatic nitrogens is 2. The number of hydrogen-bond acceptors (Lipinski definition) is 3. The molecule has 0 aromatic carbocycles. The second-order valence-electron chi connectivity index (χ2n) is 7.26. The van der Waals surface area contributed by atoms with Gasteiger partial charge in [0.05, 0.1) is 6.04 Å². The van der Waals surface area contributed by atoms with Crippen LogP contribution in [0, 0.1) is 0 Å². The first-order chi connectivity index (χ1) is 10.4. The van der Waals surface area contributed by atoms with E-state index in [0.29, 0.717) is 12.6 Å². The van der Waals surface area contributed by atoms with Gasteiger partial charge in [-0.3, -0.25) is 4.68 Å². The summed E-state index contributed by atoms with van der Waals surface area (Å²) in [6, 6.07) is 0.715. The molecule has 1 amide bonds. The van der Waals surface area contributed by atoms with Gasteiger partial charge in [-0.05, 0) is 40.0 Å². The van der Waals surface area contributed by atoms with Crippen LogP contribution < -0.4 is 51.4 Å². The quantitative estimate of drug-likeness (QED) is 0.756. The summed E-state index contributed by atoms with van der Waals surface area (Å²) in [7, 11) is 0. The Kier molecular flexibility index (Phi) is 6.58. The van der Waals surface area contributed by atoms with Gasteiger partial charge in [0.15, 0.2) is 0 Å². The van der Waals surface area contributed by atoms with Crippen molar-refractivity contribution in [2.45, 2.75) is 64.1 Å². The van der Waals surface area contributed by atoms with Crippen LogP contribution in [0.5, 0.6) is 0 Å². The van der Waals surface area contributed by atoms with Crippen molar-refractivity contribution in [2.75, 3.05) is 13.1 Å². The Balaban J connectivity index is 0.00000192. The van der Waals surface area contributed by atoms with Crippen LogP contribution in [0.3, 0.4) is 0 Å². The third kappa shape index (κ3) is 5.74. The molecule has 0 radical (unpaired) electrons. The molecular weight excluding hydrogens is 319 g/mol. The van der Waals surface area contributed by atoms with E-state index >= 15 is 0 Å². The van der Waals surface area contributed by atoms with Crippen LogP contribution in [0.25, 0.3) is 5.32 Å². The van der Waals surface area contributed by atoms with Crippen molar-refractivity contribution >= 4 is 11.8 Å². The zero-order valence-electron chi connectivity index (χ0n) is 14.7. The molecule has 1 aliphatic carbocycles. The molecule has 122 valence electrons. The summed E-state index contributed by atoms with van der Waals surface area (Å²) in [5.74, 6) is 0. The SMILES string of the molecule is CC(C)(C)OC(=O)N1CCCC([N-]c2cnn(C3CC3)c2)C1.[K+]. The number of rotatable bonds is 3. The van der Waals surface area contributed by atoms with Crippen LogP contribution in [0.1, 0.15) is 52.5 Å². The number of nitrogens with zero attached hydrogens (tertiary/aromatic N) is 4. The third-order valence-electron chi connectivity index (χ3n) is 3.89. The van der Waals surface area contributed by atoms with Crippen molar-refractivity contribution < 1.29 is 60.9 Å². The Morgan fingerprint density at radius 2 is 2.09 bits per heavy atom. The molecule has 1 saturated heterocycles. The van der Waals surface area contributed by atoms with E-state index in [1.807, 2.05) is 37.8 Å². The van der Waals surface area contributed by atoms with E-state index in [2.05, 4.69) is 5.10 Å². The molecule has 1 atom stereocenters. The van der Waals surface area contributed by atoms with E-state index in [4.69, 9.17) is 10.1 Å². The van der Waals surface area contributed by atoms with E-state index in [1.165, 1.54) is 12.8 Å². The number of likely N-dealkylation sites (tertiary alicyclic amines) is 1. The monoisotopic (exact) mass is 344 g/mol. The molecular formula is C16H25KN4O2. The van der Waals surface area contributed by atoms with Gasteiger partial charge in [0.25, 0.3) is 0 Å². The molecule has 7 heteroatoms. The van der Waals surface area contributed by atoms with Gasteiger partial charge in [0.2, 0.25) is 0 Å². The zero-order valence-corrected chi connectivity index (χ0v) is 17.8. The molecule has 0 spiro atoms. The zero-order chi connectivity index (χ0) is 15.7. The van der Waals surface area contributed by atoms with E-state index in [9.17, 15) is 4.79 Å². The van der Waals surface area contributed by atoms with Crippen LogP contribution in [0.2, 0.25) is 0 Å². The third-order valence-corrected chi connectivity index (χ3v) is 3.89. The van der Waals surface area contributed by atoms with Gasteiger partial charge in [-0.15, -0.1) is 11.7 Å². The van der Waals surface area contributed by atoms with Crippen molar-refractivity contribution in [3.8, 4) is 0 Å². The van der Waals surface area contributed by atoms with E-state index in [-0.39, 0.29) is 63.5 Å². The summed E-state index contributed by atoms with van der Waals surface area (Å²) in [6.07, 6.45) is 8.02. The molecule has 6 nitrogen and oxygen atoms in total. The van der Waals surface area contributed by atoms with Gasteiger partial charge in [-0.1, -0.05) is 6.42 Å². The summed E-state index contributed by atoms with van der Waals surface area (Å²) in [5.41, 5.74) is 0.468. The van der Waals surface area contributed by atoms with E-state index < -0.39 is 5.60 Å². The summed E-state index contributed by atoms with van der Waals surface area (Å²) in [4.78, 5) is 13.9. The first-order valence-electron chi connectivity index (χ1n) is 8.14. The largest absolute Gasteiger partial charge is 1.00 e. The maximum absolute atomic E-state index is 12.2. The van der Waals surface area contributed by atoms with Crippen molar-refractivity contribution in [2.24, 2.45) is 0 Å². The predicted molar refractivity (Wildman–Crippen MR) is 84.3 cm³/mol. The first kappa shape index (κ1) is 19.2. The van der Waals surface area contributed by atoms with Crippen LogP contribution in [0.15, 0.2) is 12.4 Å². The fraction of sp³-hybridized carbons (Fsp3) is 0.750. The second-order valence-corrected chi connectivity index (χ2v) is 7.26. The normalized spacial score (nSPS) is 21.5. The predicted octanol–water partition coefficient (Wildman–Crippen LogP) is 0.627. The fourth-order valence-corrected chi connectivity index (χ4v) is 2.70. The topological polar surface area (TPSA) is 61.5 Å². The standard InChI is InChI=1S/C16H25N4O2.K/c1-16(2,3)22-15(21)19-8-4-5-12(10-19)18-13-9-17-20(11-13)14-6-7-14;/h9,11-12,14H,4-8,10H2,1-3H3;/q-1;+1. The number of carbonyl (C=O) groups excluding carboxylic acids is 1. The number of amides is 1. The summed E-state index contributed by atoms with van der Waals surface area (Å²) in [5, 5.41) is 9.11. The second kappa shape index (κ2) is 7.86. The number of piperidine rings is 1. The molecule has 1 unspecified atom stereocenters. The van der Waals surface area contributed by atoms with Gasteiger partial charge in [0.1, 0.15) is 5.60 Å². The summed E-state index contributed by atoms with van der Waals surface area (Å²) < 4.78 is 7.46. The maximum atomic E-state index is 12.2. The van der Waals surface area contributed by atoms with Crippen LogP contribution in [-0.2, 0) is 4.74 Å². The number of hydrogen-bond donors (Lipinski definition) is 0. The van der Waals surface area contributed by atoms with Crippen LogP contribution >= 0.6 is 0 Å². The Morgan fingerprint density at radius 1 is 1.35 bits per heavy atom. The number of carbonyl (C=O) groups is 1. The molecule has 2 aliphatic rings. The minimum atomic E-state index is -0.452. The molecule has 0 N–H and O–H groups in total. The van der Waals surface area contributed by atoms with Crippen LogP contribution in [0.4, 0.5) is 10.5 Å². The molecule has 1 aliphatic heterocycles. The van der Waals surface area contributed by atoms with E-state index in [0.717, 1.165) is 25.1 Å². The minimum absolute atomic E-state index is 0. The van der Waals surface area contributed by atoms with Crippen molar-refractivity contribution in [3.63, 3.8) is 0 Å². The van der Waals surface area contributed by atoms with Gasteiger partial charge in [-0.2, -0.15) is 5.10 Å². The van der Waals surface area contributed by atoms with Gasteiger partial charge in [-0.25, -0.2) is 4.79 Å². The average Bonchev–Trinajstić information content (AvgIpc) is 3.18. The van der Waals surface area contributed by atoms with Crippen molar-refractivity contribution in [1.82, 2.24) is 14.7 Å². The number of ether oxygens (including phenoxy) is 1. The van der Waals surface area contributed by atoms with Crippen LogP contribution in [-0.4, -0.2) is 45.5 Å². The minimum Gasteiger partial charge on any atom is -0.678 e. The van der Waals surface area contributed by atoms with Gasteiger partial charge in [0, 0.05) is 25.5 Å². The van der Waals surface area contributed by atoms with Gasteiger partial charge >= 0.3 is 57.5 Å². The molecule has 23 heavy (non-hydrogen) atoms. The van der Waals surface area contributed by atoms with Crippen molar-refractivity contribution in [3.05, 3.63) is 17.7 Å². The molecule has 0 bridgehead atoms. The molecule has 3 rings (SSSR count). The van der Waals surface area contributed by atoms with Gasteiger partial charge < -0.3 is 15.0 Å². The fourth-order valence-electron chi connectivity index (χ4n) is 2.70. The molecule has 2 fully saturated rings. The average molecular weight is 345 g/mol. The summed E-state index contributed by atoms with van der Waals surface area (Å²) >= 11 is 0. The summed E-state index contributed by atoms with van der Waals surface area (Å²) in [6.45, 7) is 7.06. The first-order valence-corrected chi connectivity index (χ1v) is 8.14. The van der Waals surface area contributed by atoms with Crippen molar-refractivity contribution in [1.29, 1.82) is 0 Å². The smallest absolute Gasteiger partial charge is 0.678 e. The molecule has 1 aromatic heterocycles. The Labute approximate surface area is 180 Å². The molecule has 1 saturated carbocycles. The molecule has 1 aromatic rings. The Morgan fingerprint density at radius 3 is 2.74 bits per heavy atom. The molecule has 2 heterocycles. The maximum Gasteiger partial charge on any atom is 1.00 e. The van der Waals surface area contributed by atoms with E-state index in [1.54, 1.807) is 4.90 Å². The Bertz CT molecular complexity index is 536.